The standard InChI is InChI=1S/C31H29Cl5N6O5/c1-5-41(11-12-43)18-8-10-20(15(3)13-18)38-27-29(39-21-14-17(37-16(4)44)7-9-19(21)32)40-42(30(27)45)28-25(35)23(33)22(24(34)26(28)36)31(46)47-6-2/h7-10,13-14,43H,5-6,11-12H2,1-4H3,(H,37,44)(H,39,40). The van der Waals surface area contributed by atoms with Crippen LogP contribution < -0.4 is 20.7 Å². The Morgan fingerprint density at radius 2 is 1.66 bits per heavy atom. The summed E-state index contributed by atoms with van der Waals surface area (Å²) >= 11 is 32.6. The van der Waals surface area contributed by atoms with Crippen molar-refractivity contribution in [3.05, 3.63) is 72.6 Å². The number of rotatable bonds is 10. The van der Waals surface area contributed by atoms with Gasteiger partial charge in [0.15, 0.2) is 11.5 Å². The summed E-state index contributed by atoms with van der Waals surface area (Å²) < 4.78 is 5.04. The average Bonchev–Trinajstić information content (AvgIpc) is 3.31. The number of likely N-dealkylation sites (N-methyl/N-ethyl adjacent to an activating group) is 1. The third kappa shape index (κ3) is 7.77. The summed E-state index contributed by atoms with van der Waals surface area (Å²) in [6.07, 6.45) is 0. The first-order valence-corrected chi connectivity index (χ1v) is 16.1. The number of aliphatic hydroxyl groups is 1. The number of esters is 1. The molecule has 0 aromatic heterocycles. The number of nitrogens with zero attached hydrogens (tertiary/aromatic N) is 4. The summed E-state index contributed by atoms with van der Waals surface area (Å²) in [5.41, 5.74) is 4.93. The summed E-state index contributed by atoms with van der Waals surface area (Å²) in [5.74, 6) is -1.95. The molecular weight excluding hydrogens is 714 g/mol. The smallest absolute Gasteiger partial charge is 0.341 e. The van der Waals surface area contributed by atoms with E-state index in [0.29, 0.717) is 24.5 Å². The molecule has 3 N–H and O–H groups in total. The Labute approximate surface area is 296 Å². The van der Waals surface area contributed by atoms with E-state index in [1.807, 2.05) is 30.9 Å². The van der Waals surface area contributed by atoms with Crippen LogP contribution in [0.4, 0.5) is 28.4 Å². The first kappa shape index (κ1) is 36.3. The van der Waals surface area contributed by atoms with Gasteiger partial charge in [0.05, 0.1) is 49.7 Å². The molecule has 0 spiro atoms. The molecule has 0 aliphatic carbocycles. The molecule has 47 heavy (non-hydrogen) atoms. The molecule has 3 aromatic rings. The van der Waals surface area contributed by atoms with Gasteiger partial charge in [-0.25, -0.2) is 19.8 Å². The van der Waals surface area contributed by atoms with Crippen molar-refractivity contribution in [1.29, 1.82) is 0 Å². The van der Waals surface area contributed by atoms with E-state index in [2.05, 4.69) is 20.7 Å². The summed E-state index contributed by atoms with van der Waals surface area (Å²) in [5, 5.41) is 12.2. The molecule has 1 saturated heterocycles. The normalized spacial score (nSPS) is 14.5. The van der Waals surface area contributed by atoms with Crippen LogP contribution in [-0.2, 0) is 14.3 Å². The van der Waals surface area contributed by atoms with E-state index in [4.69, 9.17) is 62.7 Å². The van der Waals surface area contributed by atoms with Gasteiger partial charge in [-0.3, -0.25) is 15.0 Å². The predicted octanol–water partition coefficient (Wildman–Crippen LogP) is 7.57. The second-order valence-corrected chi connectivity index (χ2v) is 11.9. The van der Waals surface area contributed by atoms with Crippen LogP contribution in [0.15, 0.2) is 46.4 Å². The molecule has 2 amide bonds. The SMILES string of the molecule is CCOC(=O)c1c(Cl)c(Cl)c(N2NC(=Nc3cc(NC(C)=O)ccc3Cl)C(=Nc3ccc(N(CC)CCO)cc3C)C2=O)c(Cl)c1Cl. The van der Waals surface area contributed by atoms with Crippen molar-refractivity contribution < 1.29 is 24.2 Å². The van der Waals surface area contributed by atoms with Crippen molar-refractivity contribution in [2.75, 3.05) is 41.5 Å². The van der Waals surface area contributed by atoms with Crippen LogP contribution in [-0.4, -0.2) is 60.7 Å². The van der Waals surface area contributed by atoms with Crippen LogP contribution in [0.25, 0.3) is 0 Å². The van der Waals surface area contributed by atoms with Gasteiger partial charge in [0.1, 0.15) is 11.3 Å². The number of aliphatic imine (C=N–C) groups is 2. The van der Waals surface area contributed by atoms with E-state index in [9.17, 15) is 19.5 Å². The van der Waals surface area contributed by atoms with Crippen molar-refractivity contribution in [3.63, 3.8) is 0 Å². The number of hydrogen-bond donors (Lipinski definition) is 3. The highest BCUT2D eigenvalue weighted by atomic mass is 35.5. The topological polar surface area (TPSA) is 136 Å². The molecule has 3 aromatic carbocycles. The molecule has 1 fully saturated rings. The lowest BCUT2D eigenvalue weighted by Crippen LogP contribution is -2.36. The summed E-state index contributed by atoms with van der Waals surface area (Å²) in [6, 6.07) is 10.1. The Balaban J connectivity index is 1.90. The lowest BCUT2D eigenvalue weighted by Gasteiger charge is -2.22. The Bertz CT molecular complexity index is 1790. The molecule has 0 radical (unpaired) electrons. The Hall–Kier alpha value is -3.58. The highest BCUT2D eigenvalue weighted by Crippen LogP contribution is 2.47. The summed E-state index contributed by atoms with van der Waals surface area (Å²) in [7, 11) is 0. The zero-order valence-corrected chi connectivity index (χ0v) is 29.3. The molecule has 1 aliphatic rings. The van der Waals surface area contributed by atoms with Crippen LogP contribution >= 0.6 is 58.0 Å². The lowest BCUT2D eigenvalue weighted by molar-refractivity contribution is -0.114. The Kier molecular flexibility index (Phi) is 12.0. The van der Waals surface area contributed by atoms with Crippen molar-refractivity contribution in [1.82, 2.24) is 5.43 Å². The van der Waals surface area contributed by atoms with Gasteiger partial charge in [-0.05, 0) is 62.7 Å². The van der Waals surface area contributed by atoms with Gasteiger partial charge in [-0.1, -0.05) is 58.0 Å². The van der Waals surface area contributed by atoms with Gasteiger partial charge in [0, 0.05) is 31.4 Å². The fourth-order valence-electron chi connectivity index (χ4n) is 4.62. The fraction of sp³-hybridized carbons (Fsp3) is 0.258. The van der Waals surface area contributed by atoms with Gasteiger partial charge in [0.25, 0.3) is 5.91 Å². The number of halogens is 5. The van der Waals surface area contributed by atoms with Crippen LogP contribution in [0.2, 0.25) is 25.1 Å². The highest BCUT2D eigenvalue weighted by molar-refractivity contribution is 6.73. The number of carbonyl (C=O) groups is 3. The van der Waals surface area contributed by atoms with E-state index in [-0.39, 0.29) is 72.7 Å². The Morgan fingerprint density at radius 3 is 2.23 bits per heavy atom. The minimum absolute atomic E-state index is 0.0155. The second-order valence-electron chi connectivity index (χ2n) is 9.99. The molecule has 0 unspecified atom stereocenters. The van der Waals surface area contributed by atoms with Gasteiger partial charge >= 0.3 is 5.97 Å². The maximum Gasteiger partial charge on any atom is 0.341 e. The van der Waals surface area contributed by atoms with Crippen molar-refractivity contribution in [3.8, 4) is 0 Å². The first-order chi connectivity index (χ1) is 22.3. The molecule has 16 heteroatoms. The molecule has 0 atom stereocenters. The molecule has 11 nitrogen and oxygen atoms in total. The number of aryl methyl sites for hydroxylation is 1. The van der Waals surface area contributed by atoms with Gasteiger partial charge in [0.2, 0.25) is 5.91 Å². The maximum absolute atomic E-state index is 14.1. The maximum atomic E-state index is 14.1. The first-order valence-electron chi connectivity index (χ1n) is 14.2. The number of nitrogens with one attached hydrogen (secondary N) is 2. The molecule has 0 saturated carbocycles. The fourth-order valence-corrected chi connectivity index (χ4v) is 5.95. The third-order valence-corrected chi connectivity index (χ3v) is 8.82. The summed E-state index contributed by atoms with van der Waals surface area (Å²) in [6.45, 7) is 7.89. The number of hydrazine groups is 1. The number of anilines is 3. The molecule has 4 rings (SSSR count). The van der Waals surface area contributed by atoms with Gasteiger partial charge in [-0.2, -0.15) is 0 Å². The number of ether oxygens (including phenoxy) is 1. The minimum Gasteiger partial charge on any atom is -0.462 e. The van der Waals surface area contributed by atoms with Crippen LogP contribution in [0.5, 0.6) is 0 Å². The minimum atomic E-state index is -0.851. The highest BCUT2D eigenvalue weighted by Gasteiger charge is 2.39. The van der Waals surface area contributed by atoms with Crippen LogP contribution in [0.1, 0.15) is 36.7 Å². The second kappa shape index (κ2) is 15.5. The molecule has 1 heterocycles. The van der Waals surface area contributed by atoms with Gasteiger partial charge in [-0.15, -0.1) is 0 Å². The zero-order valence-electron chi connectivity index (χ0n) is 25.6. The number of carbonyl (C=O) groups excluding carboxylic acids is 3. The van der Waals surface area contributed by atoms with Gasteiger partial charge < -0.3 is 20.1 Å². The lowest BCUT2D eigenvalue weighted by atomic mass is 10.1. The number of benzene rings is 3. The van der Waals surface area contributed by atoms with E-state index < -0.39 is 11.9 Å². The number of aliphatic hydroxyl groups excluding tert-OH is 1. The molecular formula is C31H29Cl5N6O5. The largest absolute Gasteiger partial charge is 0.462 e. The van der Waals surface area contributed by atoms with E-state index >= 15 is 0 Å². The third-order valence-electron chi connectivity index (χ3n) is 6.82. The van der Waals surface area contributed by atoms with Crippen molar-refractivity contribution in [2.45, 2.75) is 27.7 Å². The summed E-state index contributed by atoms with van der Waals surface area (Å²) in [4.78, 5) is 49.6. The Morgan fingerprint density at radius 1 is 0.979 bits per heavy atom. The number of hydrogen-bond acceptors (Lipinski definition) is 8. The zero-order chi connectivity index (χ0) is 34.6. The number of amides is 2. The van der Waals surface area contributed by atoms with E-state index in [0.717, 1.165) is 16.3 Å². The van der Waals surface area contributed by atoms with E-state index in [1.165, 1.54) is 19.1 Å². The van der Waals surface area contributed by atoms with Crippen molar-refractivity contribution >= 4 is 116 Å². The number of amidine groups is 1. The van der Waals surface area contributed by atoms with Crippen molar-refractivity contribution in [2.24, 2.45) is 9.98 Å². The van der Waals surface area contributed by atoms with Crippen LogP contribution in [0, 0.1) is 6.92 Å². The molecule has 248 valence electrons. The monoisotopic (exact) mass is 740 g/mol. The molecule has 1 aliphatic heterocycles. The van der Waals surface area contributed by atoms with E-state index in [1.54, 1.807) is 19.1 Å². The molecule has 0 bridgehead atoms. The van der Waals surface area contributed by atoms with Crippen LogP contribution in [0.3, 0.4) is 0 Å². The average molecular weight is 743 g/mol. The predicted molar refractivity (Wildman–Crippen MR) is 189 cm³/mol. The quantitative estimate of drug-likeness (QED) is 0.144.